The first-order valence-electron chi connectivity index (χ1n) is 8.83. The molecule has 1 fully saturated rings. The van der Waals surface area contributed by atoms with E-state index in [0.29, 0.717) is 6.04 Å². The Hall–Kier alpha value is -1.65. The fourth-order valence-electron chi connectivity index (χ4n) is 3.29. The molecule has 24 heavy (non-hydrogen) atoms. The van der Waals surface area contributed by atoms with E-state index >= 15 is 0 Å². The SMILES string of the molecule is Cc1cc(C(=O)NC[C@H](C)N2CCCCC2)sc1-c1ccccc1. The number of rotatable bonds is 5. The fraction of sp³-hybridized carbons (Fsp3) is 0.450. The Balaban J connectivity index is 1.61. The second kappa shape index (κ2) is 7.95. The zero-order valence-corrected chi connectivity index (χ0v) is 15.4. The van der Waals surface area contributed by atoms with Gasteiger partial charge in [0.2, 0.25) is 0 Å². The summed E-state index contributed by atoms with van der Waals surface area (Å²) in [5.41, 5.74) is 2.35. The van der Waals surface area contributed by atoms with Gasteiger partial charge in [-0.2, -0.15) is 0 Å². The summed E-state index contributed by atoms with van der Waals surface area (Å²) < 4.78 is 0. The molecule has 4 heteroatoms. The molecule has 2 aromatic rings. The summed E-state index contributed by atoms with van der Waals surface area (Å²) in [4.78, 5) is 17.0. The number of nitrogens with one attached hydrogen (secondary N) is 1. The first-order chi connectivity index (χ1) is 11.6. The van der Waals surface area contributed by atoms with Gasteiger partial charge in [-0.3, -0.25) is 9.69 Å². The van der Waals surface area contributed by atoms with Crippen LogP contribution in [0.15, 0.2) is 36.4 Å². The number of nitrogens with zero attached hydrogens (tertiary/aromatic N) is 1. The molecule has 3 rings (SSSR count). The van der Waals surface area contributed by atoms with E-state index < -0.39 is 0 Å². The number of aryl methyl sites for hydroxylation is 1. The molecule has 1 N–H and O–H groups in total. The van der Waals surface area contributed by atoms with Gasteiger partial charge in [0.05, 0.1) is 4.88 Å². The van der Waals surface area contributed by atoms with Crippen LogP contribution in [0.2, 0.25) is 0 Å². The average Bonchev–Trinajstić information content (AvgIpc) is 3.02. The van der Waals surface area contributed by atoms with E-state index in [2.05, 4.69) is 36.2 Å². The van der Waals surface area contributed by atoms with Crippen LogP contribution in [0.5, 0.6) is 0 Å². The van der Waals surface area contributed by atoms with Crippen molar-refractivity contribution in [3.8, 4) is 10.4 Å². The lowest BCUT2D eigenvalue weighted by molar-refractivity contribution is 0.0934. The van der Waals surface area contributed by atoms with Crippen molar-refractivity contribution < 1.29 is 4.79 Å². The number of likely N-dealkylation sites (tertiary alicyclic amines) is 1. The van der Waals surface area contributed by atoms with Gasteiger partial charge in [-0.15, -0.1) is 11.3 Å². The zero-order chi connectivity index (χ0) is 16.9. The Bertz CT molecular complexity index is 674. The summed E-state index contributed by atoms with van der Waals surface area (Å²) in [5, 5.41) is 3.12. The highest BCUT2D eigenvalue weighted by molar-refractivity contribution is 7.17. The Morgan fingerprint density at radius 3 is 2.62 bits per heavy atom. The monoisotopic (exact) mass is 342 g/mol. The maximum atomic E-state index is 12.5. The Morgan fingerprint density at radius 2 is 1.92 bits per heavy atom. The first-order valence-corrected chi connectivity index (χ1v) is 9.65. The van der Waals surface area contributed by atoms with Gasteiger partial charge in [0, 0.05) is 17.5 Å². The predicted octanol–water partition coefficient (Wildman–Crippen LogP) is 4.33. The van der Waals surface area contributed by atoms with Crippen molar-refractivity contribution in [1.29, 1.82) is 0 Å². The molecule has 128 valence electrons. The molecule has 0 spiro atoms. The summed E-state index contributed by atoms with van der Waals surface area (Å²) in [5.74, 6) is 0.0501. The van der Waals surface area contributed by atoms with Crippen molar-refractivity contribution in [3.05, 3.63) is 46.8 Å². The van der Waals surface area contributed by atoms with Gasteiger partial charge in [-0.1, -0.05) is 36.8 Å². The van der Waals surface area contributed by atoms with E-state index in [4.69, 9.17) is 0 Å². The molecular formula is C20H26N2OS. The van der Waals surface area contributed by atoms with Crippen LogP contribution >= 0.6 is 11.3 Å². The van der Waals surface area contributed by atoms with Gasteiger partial charge in [0.25, 0.3) is 5.91 Å². The van der Waals surface area contributed by atoms with E-state index in [1.54, 1.807) is 11.3 Å². The lowest BCUT2D eigenvalue weighted by Gasteiger charge is -2.32. The molecule has 2 heterocycles. The standard InChI is InChI=1S/C20H26N2OS/c1-15-13-18(24-19(15)17-9-5-3-6-10-17)20(23)21-14-16(2)22-11-7-4-8-12-22/h3,5-6,9-10,13,16H,4,7-8,11-12,14H2,1-2H3,(H,21,23)/t16-/m0/s1. The maximum Gasteiger partial charge on any atom is 0.261 e. The van der Waals surface area contributed by atoms with Crippen molar-refractivity contribution >= 4 is 17.2 Å². The topological polar surface area (TPSA) is 32.3 Å². The molecule has 0 aliphatic carbocycles. The Morgan fingerprint density at radius 1 is 1.21 bits per heavy atom. The van der Waals surface area contributed by atoms with E-state index in [1.165, 1.54) is 35.3 Å². The highest BCUT2D eigenvalue weighted by Crippen LogP contribution is 2.32. The van der Waals surface area contributed by atoms with Crippen LogP contribution in [0, 0.1) is 6.92 Å². The molecule has 1 aromatic carbocycles. The minimum atomic E-state index is 0.0501. The number of hydrogen-bond donors (Lipinski definition) is 1. The van der Waals surface area contributed by atoms with E-state index in [9.17, 15) is 4.79 Å². The molecule has 0 saturated carbocycles. The second-order valence-electron chi connectivity index (χ2n) is 6.64. The minimum Gasteiger partial charge on any atom is -0.350 e. The average molecular weight is 343 g/mol. The molecule has 0 bridgehead atoms. The number of benzene rings is 1. The molecule has 0 radical (unpaired) electrons. The summed E-state index contributed by atoms with van der Waals surface area (Å²) in [7, 11) is 0. The Labute approximate surface area is 148 Å². The van der Waals surface area contributed by atoms with Crippen LogP contribution in [0.3, 0.4) is 0 Å². The highest BCUT2D eigenvalue weighted by atomic mass is 32.1. The molecule has 1 aromatic heterocycles. The van der Waals surface area contributed by atoms with E-state index in [-0.39, 0.29) is 5.91 Å². The lowest BCUT2D eigenvalue weighted by atomic mass is 10.1. The second-order valence-corrected chi connectivity index (χ2v) is 7.70. The number of hydrogen-bond acceptors (Lipinski definition) is 3. The summed E-state index contributed by atoms with van der Waals surface area (Å²) >= 11 is 1.58. The number of amides is 1. The number of thiophene rings is 1. The molecule has 3 nitrogen and oxygen atoms in total. The van der Waals surface area contributed by atoms with Crippen molar-refractivity contribution in [2.24, 2.45) is 0 Å². The lowest BCUT2D eigenvalue weighted by Crippen LogP contribution is -2.44. The maximum absolute atomic E-state index is 12.5. The summed E-state index contributed by atoms with van der Waals surface area (Å²) in [6.45, 7) is 7.32. The van der Waals surface area contributed by atoms with Gasteiger partial charge >= 0.3 is 0 Å². The molecule has 1 atom stereocenters. The van der Waals surface area contributed by atoms with Gasteiger partial charge in [-0.25, -0.2) is 0 Å². The van der Waals surface area contributed by atoms with Crippen molar-refractivity contribution in [2.45, 2.75) is 39.2 Å². The van der Waals surface area contributed by atoms with E-state index in [1.807, 2.05) is 24.3 Å². The van der Waals surface area contributed by atoms with Crippen molar-refractivity contribution in [1.82, 2.24) is 10.2 Å². The quantitative estimate of drug-likeness (QED) is 0.877. The molecular weight excluding hydrogens is 316 g/mol. The van der Waals surface area contributed by atoms with Gasteiger partial charge in [0.15, 0.2) is 0 Å². The van der Waals surface area contributed by atoms with Crippen molar-refractivity contribution in [2.75, 3.05) is 19.6 Å². The van der Waals surface area contributed by atoms with E-state index in [0.717, 1.165) is 24.5 Å². The van der Waals surface area contributed by atoms with Crippen LogP contribution in [-0.4, -0.2) is 36.5 Å². The van der Waals surface area contributed by atoms with Gasteiger partial charge in [-0.05, 0) is 57.0 Å². The third-order valence-electron chi connectivity index (χ3n) is 4.75. The Kier molecular flexibility index (Phi) is 5.69. The molecule has 1 amide bonds. The summed E-state index contributed by atoms with van der Waals surface area (Å²) in [6.07, 6.45) is 3.90. The van der Waals surface area contributed by atoms with Crippen LogP contribution < -0.4 is 5.32 Å². The number of carbonyl (C=O) groups excluding carboxylic acids is 1. The molecule has 0 unspecified atom stereocenters. The van der Waals surface area contributed by atoms with Crippen LogP contribution in [0.25, 0.3) is 10.4 Å². The van der Waals surface area contributed by atoms with Gasteiger partial charge in [0.1, 0.15) is 0 Å². The van der Waals surface area contributed by atoms with Crippen molar-refractivity contribution in [3.63, 3.8) is 0 Å². The van der Waals surface area contributed by atoms with Gasteiger partial charge < -0.3 is 5.32 Å². The molecule has 1 aliphatic heterocycles. The first kappa shape index (κ1) is 17.2. The third kappa shape index (κ3) is 4.05. The minimum absolute atomic E-state index is 0.0501. The normalized spacial score (nSPS) is 16.8. The zero-order valence-electron chi connectivity index (χ0n) is 14.5. The predicted molar refractivity (Wildman–Crippen MR) is 102 cm³/mol. The van der Waals surface area contributed by atoms with Crippen LogP contribution in [0.1, 0.15) is 41.4 Å². The number of piperidine rings is 1. The van der Waals surface area contributed by atoms with Crippen LogP contribution in [0.4, 0.5) is 0 Å². The smallest absolute Gasteiger partial charge is 0.261 e. The molecule has 1 aliphatic rings. The van der Waals surface area contributed by atoms with Crippen LogP contribution in [-0.2, 0) is 0 Å². The highest BCUT2D eigenvalue weighted by Gasteiger charge is 2.18. The third-order valence-corrected chi connectivity index (χ3v) is 6.03. The largest absolute Gasteiger partial charge is 0.350 e. The fourth-order valence-corrected chi connectivity index (χ4v) is 4.38. The number of carbonyl (C=O) groups is 1. The molecule has 1 saturated heterocycles. The summed E-state index contributed by atoms with van der Waals surface area (Å²) in [6, 6.07) is 12.7.